The molecular formula is C14H24N4. The fraction of sp³-hybridized carbons (Fsp3) is 0.714. The summed E-state index contributed by atoms with van der Waals surface area (Å²) in [7, 11) is 1.91. The normalized spacial score (nSPS) is 19.6. The number of nitrogens with one attached hydrogen (secondary N) is 1. The summed E-state index contributed by atoms with van der Waals surface area (Å²) in [6.45, 7) is 8.96. The Kier molecular flexibility index (Phi) is 4.04. The summed E-state index contributed by atoms with van der Waals surface area (Å²) < 4.78 is 0. The smallest absolute Gasteiger partial charge is 0.134 e. The lowest BCUT2D eigenvalue weighted by Gasteiger charge is -2.20. The summed E-state index contributed by atoms with van der Waals surface area (Å²) in [5.41, 5.74) is 0. The Morgan fingerprint density at radius 2 is 2.22 bits per heavy atom. The third-order valence-corrected chi connectivity index (χ3v) is 3.82. The van der Waals surface area contributed by atoms with Crippen molar-refractivity contribution < 1.29 is 0 Å². The van der Waals surface area contributed by atoms with E-state index in [1.54, 1.807) is 0 Å². The maximum absolute atomic E-state index is 4.65. The van der Waals surface area contributed by atoms with Gasteiger partial charge < -0.3 is 10.2 Å². The predicted molar refractivity (Wildman–Crippen MR) is 76.1 cm³/mol. The molecule has 2 heterocycles. The van der Waals surface area contributed by atoms with Crippen LogP contribution in [-0.2, 0) is 6.42 Å². The van der Waals surface area contributed by atoms with Crippen molar-refractivity contribution in [2.45, 2.75) is 33.6 Å². The fourth-order valence-electron chi connectivity index (χ4n) is 2.47. The summed E-state index contributed by atoms with van der Waals surface area (Å²) >= 11 is 0. The van der Waals surface area contributed by atoms with Crippen LogP contribution in [0.15, 0.2) is 6.07 Å². The van der Waals surface area contributed by atoms with E-state index in [9.17, 15) is 0 Å². The molecule has 1 saturated heterocycles. The van der Waals surface area contributed by atoms with Gasteiger partial charge in [0.15, 0.2) is 0 Å². The number of anilines is 2. The van der Waals surface area contributed by atoms with Gasteiger partial charge in [0.1, 0.15) is 17.5 Å². The minimum Gasteiger partial charge on any atom is -0.373 e. The van der Waals surface area contributed by atoms with Crippen molar-refractivity contribution in [1.29, 1.82) is 0 Å². The molecule has 0 saturated carbocycles. The molecule has 1 aromatic heterocycles. The third kappa shape index (κ3) is 2.74. The van der Waals surface area contributed by atoms with Crippen molar-refractivity contribution in [2.24, 2.45) is 11.8 Å². The number of aromatic nitrogens is 2. The molecule has 1 aliphatic heterocycles. The summed E-state index contributed by atoms with van der Waals surface area (Å²) in [5.74, 6) is 4.47. The molecule has 2 rings (SSSR count). The fourth-order valence-corrected chi connectivity index (χ4v) is 2.47. The van der Waals surface area contributed by atoms with Crippen LogP contribution in [0.1, 0.15) is 33.0 Å². The van der Waals surface area contributed by atoms with Crippen molar-refractivity contribution in [3.63, 3.8) is 0 Å². The van der Waals surface area contributed by atoms with Gasteiger partial charge in [-0.25, -0.2) is 9.97 Å². The second-order valence-electron chi connectivity index (χ2n) is 5.37. The molecule has 0 spiro atoms. The molecule has 1 aromatic rings. The second kappa shape index (κ2) is 5.55. The first-order valence-electron chi connectivity index (χ1n) is 6.94. The summed E-state index contributed by atoms with van der Waals surface area (Å²) in [6.07, 6.45) is 2.15. The van der Waals surface area contributed by atoms with Gasteiger partial charge >= 0.3 is 0 Å². The van der Waals surface area contributed by atoms with E-state index in [-0.39, 0.29) is 0 Å². The molecule has 1 unspecified atom stereocenters. The van der Waals surface area contributed by atoms with Crippen molar-refractivity contribution >= 4 is 11.6 Å². The Labute approximate surface area is 110 Å². The Hall–Kier alpha value is -1.32. The van der Waals surface area contributed by atoms with Crippen LogP contribution in [0.3, 0.4) is 0 Å². The Morgan fingerprint density at radius 1 is 1.44 bits per heavy atom. The van der Waals surface area contributed by atoms with Crippen LogP contribution in [0.4, 0.5) is 11.6 Å². The van der Waals surface area contributed by atoms with Gasteiger partial charge in [0.05, 0.1) is 0 Å². The Bertz CT molecular complexity index is 381. The lowest BCUT2D eigenvalue weighted by Crippen LogP contribution is -2.23. The van der Waals surface area contributed by atoms with E-state index in [0.717, 1.165) is 48.8 Å². The summed E-state index contributed by atoms with van der Waals surface area (Å²) in [6, 6.07) is 2.06. The largest absolute Gasteiger partial charge is 0.373 e. The highest BCUT2D eigenvalue weighted by molar-refractivity contribution is 5.49. The molecule has 0 radical (unpaired) electrons. The lowest BCUT2D eigenvalue weighted by atomic mass is 9.95. The average molecular weight is 248 g/mol. The van der Waals surface area contributed by atoms with Crippen LogP contribution in [0, 0.1) is 11.8 Å². The van der Waals surface area contributed by atoms with Gasteiger partial charge in [-0.05, 0) is 18.3 Å². The quantitative estimate of drug-likeness (QED) is 0.889. The number of hydrogen-bond acceptors (Lipinski definition) is 4. The minimum absolute atomic E-state index is 0.756. The minimum atomic E-state index is 0.756. The summed E-state index contributed by atoms with van der Waals surface area (Å²) in [4.78, 5) is 11.5. The molecule has 1 atom stereocenters. The first-order valence-corrected chi connectivity index (χ1v) is 6.94. The van der Waals surface area contributed by atoms with Gasteiger partial charge in [-0.1, -0.05) is 20.8 Å². The highest BCUT2D eigenvalue weighted by atomic mass is 15.2. The van der Waals surface area contributed by atoms with E-state index in [4.69, 9.17) is 0 Å². The molecule has 100 valence electrons. The first-order chi connectivity index (χ1) is 8.63. The van der Waals surface area contributed by atoms with Crippen LogP contribution in [0.2, 0.25) is 0 Å². The lowest BCUT2D eigenvalue weighted by molar-refractivity contribution is 0.422. The number of rotatable bonds is 4. The van der Waals surface area contributed by atoms with Crippen LogP contribution in [0.5, 0.6) is 0 Å². The standard InChI is InChI=1S/C14H24N4/c1-5-12-16-13(15-4)8-14(17-12)18-7-6-11(9-18)10(2)3/h8,10-11H,5-7,9H2,1-4H3,(H,15,16,17). The van der Waals surface area contributed by atoms with Gasteiger partial charge in [-0.2, -0.15) is 0 Å². The van der Waals surface area contributed by atoms with Gasteiger partial charge in [-0.3, -0.25) is 0 Å². The molecule has 0 bridgehead atoms. The molecule has 0 amide bonds. The van der Waals surface area contributed by atoms with Crippen molar-refractivity contribution in [1.82, 2.24) is 9.97 Å². The molecule has 4 heteroatoms. The van der Waals surface area contributed by atoms with E-state index < -0.39 is 0 Å². The van der Waals surface area contributed by atoms with E-state index in [1.165, 1.54) is 6.42 Å². The average Bonchev–Trinajstić information content (AvgIpc) is 2.87. The van der Waals surface area contributed by atoms with Crippen LogP contribution < -0.4 is 10.2 Å². The van der Waals surface area contributed by atoms with Crippen molar-refractivity contribution in [3.8, 4) is 0 Å². The zero-order valence-corrected chi connectivity index (χ0v) is 11.9. The first kappa shape index (κ1) is 13.1. The molecule has 4 nitrogen and oxygen atoms in total. The van der Waals surface area contributed by atoms with Crippen LogP contribution in [0.25, 0.3) is 0 Å². The second-order valence-corrected chi connectivity index (χ2v) is 5.37. The van der Waals surface area contributed by atoms with Gasteiger partial charge in [0.25, 0.3) is 0 Å². The van der Waals surface area contributed by atoms with Gasteiger partial charge in [-0.15, -0.1) is 0 Å². The number of hydrogen-bond donors (Lipinski definition) is 1. The molecule has 0 aliphatic carbocycles. The highest BCUT2D eigenvalue weighted by Gasteiger charge is 2.26. The van der Waals surface area contributed by atoms with E-state index in [1.807, 2.05) is 7.05 Å². The highest BCUT2D eigenvalue weighted by Crippen LogP contribution is 2.28. The van der Waals surface area contributed by atoms with Gasteiger partial charge in [0, 0.05) is 32.6 Å². The van der Waals surface area contributed by atoms with Crippen LogP contribution >= 0.6 is 0 Å². The molecule has 1 fully saturated rings. The van der Waals surface area contributed by atoms with Crippen molar-refractivity contribution in [3.05, 3.63) is 11.9 Å². The zero-order valence-electron chi connectivity index (χ0n) is 11.9. The van der Waals surface area contributed by atoms with Gasteiger partial charge in [0.2, 0.25) is 0 Å². The van der Waals surface area contributed by atoms with Crippen molar-refractivity contribution in [2.75, 3.05) is 30.4 Å². The molecular weight excluding hydrogens is 224 g/mol. The molecule has 18 heavy (non-hydrogen) atoms. The number of nitrogens with zero attached hydrogens (tertiary/aromatic N) is 3. The van der Waals surface area contributed by atoms with Crippen LogP contribution in [-0.4, -0.2) is 30.1 Å². The molecule has 0 aromatic carbocycles. The predicted octanol–water partition coefficient (Wildman–Crippen LogP) is 2.56. The Morgan fingerprint density at radius 3 is 2.78 bits per heavy atom. The van der Waals surface area contributed by atoms with E-state index in [2.05, 4.69) is 47.0 Å². The monoisotopic (exact) mass is 248 g/mol. The zero-order chi connectivity index (χ0) is 13.1. The van der Waals surface area contributed by atoms with E-state index in [0.29, 0.717) is 0 Å². The number of aryl methyl sites for hydroxylation is 1. The van der Waals surface area contributed by atoms with E-state index >= 15 is 0 Å². The third-order valence-electron chi connectivity index (χ3n) is 3.82. The summed E-state index contributed by atoms with van der Waals surface area (Å²) in [5, 5.41) is 3.12. The maximum Gasteiger partial charge on any atom is 0.134 e. The molecule has 1 N–H and O–H groups in total. The molecule has 1 aliphatic rings. The topological polar surface area (TPSA) is 41.1 Å². The SMILES string of the molecule is CCc1nc(NC)cc(N2CCC(C(C)C)C2)n1. The maximum atomic E-state index is 4.65. The Balaban J connectivity index is 2.18.